The lowest BCUT2D eigenvalue weighted by Gasteiger charge is -2.18. The van der Waals surface area contributed by atoms with Gasteiger partial charge in [0.1, 0.15) is 0 Å². The first-order valence-electron chi connectivity index (χ1n) is 10.5. The van der Waals surface area contributed by atoms with Gasteiger partial charge in [0.25, 0.3) is 20.0 Å². The van der Waals surface area contributed by atoms with Gasteiger partial charge in [-0.1, -0.05) is 12.1 Å². The first-order valence-corrected chi connectivity index (χ1v) is 13.5. The molecule has 0 aliphatic rings. The van der Waals surface area contributed by atoms with Gasteiger partial charge >= 0.3 is 24.7 Å². The van der Waals surface area contributed by atoms with Crippen molar-refractivity contribution in [3.63, 3.8) is 0 Å². The largest absolute Gasteiger partial charge is 0.416 e. The molecule has 3 rings (SSSR count). The number of anilines is 2. The molecule has 0 amide bonds. The van der Waals surface area contributed by atoms with Crippen LogP contribution in [0.15, 0.2) is 70.5 Å². The van der Waals surface area contributed by atoms with E-state index in [1.807, 2.05) is 0 Å². The Bertz CT molecular complexity index is 1520. The molecule has 230 valence electrons. The van der Waals surface area contributed by atoms with Crippen LogP contribution in [-0.4, -0.2) is 16.8 Å². The molecule has 3 aromatic rings. The number of hydrogen-bond donors (Lipinski definition) is 2. The van der Waals surface area contributed by atoms with Crippen LogP contribution in [0.3, 0.4) is 0 Å². The van der Waals surface area contributed by atoms with Gasteiger partial charge in [0.15, 0.2) is 0 Å². The van der Waals surface area contributed by atoms with Crippen LogP contribution in [0.4, 0.5) is 64.1 Å². The van der Waals surface area contributed by atoms with E-state index < -0.39 is 88.2 Å². The fraction of sp³-hybridized carbons (Fsp3) is 0.182. The van der Waals surface area contributed by atoms with Crippen LogP contribution in [0, 0.1) is 0 Å². The first kappa shape index (κ1) is 32.8. The molecule has 20 heteroatoms. The molecule has 42 heavy (non-hydrogen) atoms. The van der Waals surface area contributed by atoms with E-state index in [4.69, 9.17) is 0 Å². The van der Waals surface area contributed by atoms with Crippen LogP contribution < -0.4 is 9.44 Å². The zero-order valence-electron chi connectivity index (χ0n) is 19.8. The summed E-state index contributed by atoms with van der Waals surface area (Å²) in [6.07, 6.45) is -21.7. The molecule has 0 saturated carbocycles. The van der Waals surface area contributed by atoms with Gasteiger partial charge < -0.3 is 0 Å². The van der Waals surface area contributed by atoms with Crippen molar-refractivity contribution in [3.8, 4) is 0 Å². The van der Waals surface area contributed by atoms with Crippen molar-refractivity contribution in [2.45, 2.75) is 34.5 Å². The average molecular weight is 660 g/mol. The number of hydrogen-bond acceptors (Lipinski definition) is 4. The van der Waals surface area contributed by atoms with E-state index in [-0.39, 0.29) is 36.4 Å². The topological polar surface area (TPSA) is 92.3 Å². The Labute approximate surface area is 228 Å². The van der Waals surface area contributed by atoms with Gasteiger partial charge in [-0.3, -0.25) is 9.44 Å². The van der Waals surface area contributed by atoms with E-state index in [0.29, 0.717) is 0 Å². The fourth-order valence-corrected chi connectivity index (χ4v) is 5.53. The molecule has 0 atom stereocenters. The highest BCUT2D eigenvalue weighted by Gasteiger charge is 2.40. The van der Waals surface area contributed by atoms with Gasteiger partial charge in [-0.05, 0) is 48.5 Å². The first-order chi connectivity index (χ1) is 18.8. The van der Waals surface area contributed by atoms with Crippen LogP contribution in [0.2, 0.25) is 0 Å². The summed E-state index contributed by atoms with van der Waals surface area (Å²) in [5.74, 6) is 0. The molecule has 0 spiro atoms. The van der Waals surface area contributed by atoms with Gasteiger partial charge in [-0.2, -0.15) is 52.7 Å². The highest BCUT2D eigenvalue weighted by Crippen LogP contribution is 2.39. The summed E-state index contributed by atoms with van der Waals surface area (Å²) in [7, 11) is -10.7. The average Bonchev–Trinajstić information content (AvgIpc) is 2.82. The number of benzene rings is 3. The number of sulfonamides is 2. The van der Waals surface area contributed by atoms with Crippen molar-refractivity contribution in [1.29, 1.82) is 0 Å². The molecule has 3 aromatic carbocycles. The predicted molar refractivity (Wildman–Crippen MR) is 121 cm³/mol. The third-order valence-electron chi connectivity index (χ3n) is 5.16. The number of halogens is 12. The normalized spacial score (nSPS) is 13.6. The third-order valence-corrected chi connectivity index (χ3v) is 7.85. The highest BCUT2D eigenvalue weighted by atomic mass is 32.2. The quantitative estimate of drug-likeness (QED) is 0.271. The molecule has 0 aliphatic heterocycles. The maximum absolute atomic E-state index is 13.2. The Hall–Kier alpha value is -3.68. The minimum Gasteiger partial charge on any atom is -0.277 e. The second-order valence-electron chi connectivity index (χ2n) is 8.24. The lowest BCUT2D eigenvalue weighted by molar-refractivity contribution is -0.145. The molecule has 2 N–H and O–H groups in total. The van der Waals surface area contributed by atoms with E-state index in [1.165, 1.54) is 0 Å². The minimum atomic E-state index is -5.43. The van der Waals surface area contributed by atoms with E-state index in [1.54, 1.807) is 9.44 Å². The summed E-state index contributed by atoms with van der Waals surface area (Å²) in [4.78, 5) is -3.12. The molecule has 0 saturated heterocycles. The maximum Gasteiger partial charge on any atom is 0.416 e. The smallest absolute Gasteiger partial charge is 0.277 e. The summed E-state index contributed by atoms with van der Waals surface area (Å²) in [5, 5.41) is 0. The fourth-order valence-electron chi connectivity index (χ4n) is 3.23. The monoisotopic (exact) mass is 660 g/mol. The van der Waals surface area contributed by atoms with Gasteiger partial charge in [0.05, 0.1) is 43.4 Å². The van der Waals surface area contributed by atoms with Crippen LogP contribution in [0.1, 0.15) is 22.3 Å². The Balaban J connectivity index is 2.08. The molecule has 0 bridgehead atoms. The lowest BCUT2D eigenvalue weighted by Crippen LogP contribution is -2.20. The molecule has 6 nitrogen and oxygen atoms in total. The molecular weight excluding hydrogens is 648 g/mol. The predicted octanol–water partition coefficient (Wildman–Crippen LogP) is 7.36. The van der Waals surface area contributed by atoms with Crippen molar-refractivity contribution in [2.75, 3.05) is 9.44 Å². The van der Waals surface area contributed by atoms with Crippen LogP contribution in [0.25, 0.3) is 0 Å². The standard InChI is InChI=1S/C22H12F12N2O4S2/c23-19(24,25)11-5-12(20(26,27)28)8-15(7-11)41(37,38)35-17-3-1-2-4-18(17)36-42(39,40)16-9-13(21(29,30)31)6-14(10-16)22(32,33)34/h1-10,35-36H. The number of alkyl halides is 12. The molecule has 0 fully saturated rings. The Morgan fingerprint density at radius 3 is 0.881 bits per heavy atom. The molecule has 0 aromatic heterocycles. The zero-order valence-corrected chi connectivity index (χ0v) is 21.4. The van der Waals surface area contributed by atoms with Crippen LogP contribution >= 0.6 is 0 Å². The van der Waals surface area contributed by atoms with E-state index in [2.05, 4.69) is 0 Å². The molecule has 0 aliphatic carbocycles. The molecule has 0 radical (unpaired) electrons. The molecule has 0 unspecified atom stereocenters. The SMILES string of the molecule is O=S(=O)(Nc1ccccc1NS(=O)(=O)c1cc(C(F)(F)F)cc(C(F)(F)F)c1)c1cc(C(F)(F)F)cc(C(F)(F)F)c1. The summed E-state index contributed by atoms with van der Waals surface area (Å²) in [6.45, 7) is 0. The number of nitrogens with one attached hydrogen (secondary N) is 2. The Morgan fingerprint density at radius 1 is 0.429 bits per heavy atom. The lowest BCUT2D eigenvalue weighted by atomic mass is 10.1. The summed E-state index contributed by atoms with van der Waals surface area (Å²) < 4.78 is 212. The second kappa shape index (κ2) is 10.5. The van der Waals surface area contributed by atoms with E-state index in [0.717, 1.165) is 24.3 Å². The molecule has 0 heterocycles. The van der Waals surface area contributed by atoms with E-state index in [9.17, 15) is 69.5 Å². The Kier molecular flexibility index (Phi) is 8.24. The number of para-hydroxylation sites is 2. The minimum absolute atomic E-state index is 0.147. The van der Waals surface area contributed by atoms with Gasteiger partial charge in [0, 0.05) is 0 Å². The summed E-state index contributed by atoms with van der Waals surface area (Å²) in [6, 6.07) is 2.22. The van der Waals surface area contributed by atoms with Crippen molar-refractivity contribution < 1.29 is 69.5 Å². The van der Waals surface area contributed by atoms with Crippen molar-refractivity contribution in [2.24, 2.45) is 0 Å². The maximum atomic E-state index is 13.2. The van der Waals surface area contributed by atoms with Gasteiger partial charge in [0.2, 0.25) is 0 Å². The summed E-state index contributed by atoms with van der Waals surface area (Å²) >= 11 is 0. The zero-order chi connectivity index (χ0) is 32.1. The van der Waals surface area contributed by atoms with Crippen LogP contribution in [0.5, 0.6) is 0 Å². The molecular formula is C22H12F12N2O4S2. The van der Waals surface area contributed by atoms with E-state index >= 15 is 0 Å². The van der Waals surface area contributed by atoms with Crippen molar-refractivity contribution >= 4 is 31.4 Å². The van der Waals surface area contributed by atoms with Crippen molar-refractivity contribution in [3.05, 3.63) is 82.9 Å². The van der Waals surface area contributed by atoms with Crippen LogP contribution in [-0.2, 0) is 44.8 Å². The number of rotatable bonds is 6. The third kappa shape index (κ3) is 7.58. The van der Waals surface area contributed by atoms with Crippen molar-refractivity contribution in [1.82, 2.24) is 0 Å². The highest BCUT2D eigenvalue weighted by molar-refractivity contribution is 7.93. The van der Waals surface area contributed by atoms with Gasteiger partial charge in [-0.25, -0.2) is 16.8 Å². The second-order valence-corrected chi connectivity index (χ2v) is 11.6. The summed E-state index contributed by atoms with van der Waals surface area (Å²) in [5.41, 5.74) is -9.74. The Morgan fingerprint density at radius 2 is 0.667 bits per heavy atom. The van der Waals surface area contributed by atoms with Gasteiger partial charge in [-0.15, -0.1) is 0 Å².